The third-order valence-corrected chi connectivity index (χ3v) is 7.60. The molecule has 2 saturated heterocycles. The molecule has 3 unspecified atom stereocenters. The summed E-state index contributed by atoms with van der Waals surface area (Å²) in [5.74, 6) is 1.76. The van der Waals surface area contributed by atoms with E-state index in [1.807, 2.05) is 0 Å². The fourth-order valence-electron chi connectivity index (χ4n) is 5.14. The monoisotopic (exact) mass is 390 g/mol. The lowest BCUT2D eigenvalue weighted by molar-refractivity contribution is -0.0728. The number of hydrogen-bond donors (Lipinski definition) is 0. The van der Waals surface area contributed by atoms with Crippen LogP contribution in [0.3, 0.4) is 0 Å². The van der Waals surface area contributed by atoms with Crippen LogP contribution >= 0.6 is 11.3 Å². The number of likely N-dealkylation sites (tertiary alicyclic amines) is 1. The number of carbonyl (C=O) groups is 1. The van der Waals surface area contributed by atoms with Gasteiger partial charge in [-0.1, -0.05) is 6.92 Å². The Morgan fingerprint density at radius 2 is 1.85 bits per heavy atom. The summed E-state index contributed by atoms with van der Waals surface area (Å²) < 4.78 is 5.85. The van der Waals surface area contributed by atoms with Gasteiger partial charge in [-0.2, -0.15) is 0 Å². The Bertz CT molecular complexity index is 655. The van der Waals surface area contributed by atoms with E-state index in [0.717, 1.165) is 69.9 Å². The third kappa shape index (κ3) is 4.41. The Balaban J connectivity index is 1.31. The molecule has 3 atom stereocenters. The highest BCUT2D eigenvalue weighted by Gasteiger charge is 2.30. The summed E-state index contributed by atoms with van der Waals surface area (Å²) in [6, 6.07) is 0. The fourth-order valence-corrected chi connectivity index (χ4v) is 6.38. The van der Waals surface area contributed by atoms with Crippen molar-refractivity contribution >= 4 is 17.2 Å². The first-order valence-electron chi connectivity index (χ1n) is 10.8. The molecule has 0 spiro atoms. The first kappa shape index (κ1) is 19.4. The molecule has 4 rings (SSSR count). The van der Waals surface area contributed by atoms with Crippen LogP contribution in [0, 0.1) is 11.8 Å². The van der Waals surface area contributed by atoms with E-state index < -0.39 is 0 Å². The summed E-state index contributed by atoms with van der Waals surface area (Å²) >= 11 is 1.81. The fraction of sp³-hybridized carbons (Fsp3) is 0.773. The van der Waals surface area contributed by atoms with Gasteiger partial charge in [-0.15, -0.1) is 11.3 Å². The van der Waals surface area contributed by atoms with Gasteiger partial charge in [0, 0.05) is 43.0 Å². The van der Waals surface area contributed by atoms with Crippen molar-refractivity contribution in [2.24, 2.45) is 11.8 Å². The molecule has 2 aliphatic heterocycles. The van der Waals surface area contributed by atoms with Crippen LogP contribution in [0.5, 0.6) is 0 Å². The molecule has 1 aliphatic carbocycles. The van der Waals surface area contributed by atoms with E-state index in [-0.39, 0.29) is 5.91 Å². The second kappa shape index (κ2) is 8.22. The molecular formula is C22H34N2O2S. The molecule has 3 aliphatic rings. The number of amides is 1. The van der Waals surface area contributed by atoms with Crippen molar-refractivity contribution in [2.45, 2.75) is 65.1 Å². The summed E-state index contributed by atoms with van der Waals surface area (Å²) in [4.78, 5) is 19.2. The van der Waals surface area contributed by atoms with Crippen molar-refractivity contribution in [3.63, 3.8) is 0 Å². The van der Waals surface area contributed by atoms with Gasteiger partial charge in [0.25, 0.3) is 5.91 Å². The van der Waals surface area contributed by atoms with E-state index in [9.17, 15) is 4.79 Å². The van der Waals surface area contributed by atoms with Crippen LogP contribution in [-0.4, -0.2) is 60.6 Å². The number of morpholine rings is 1. The molecule has 0 aromatic carbocycles. The summed E-state index contributed by atoms with van der Waals surface area (Å²) in [6.07, 6.45) is 6.41. The Morgan fingerprint density at radius 3 is 2.56 bits per heavy atom. The lowest BCUT2D eigenvalue weighted by atomic mass is 9.88. The van der Waals surface area contributed by atoms with E-state index in [0.29, 0.717) is 18.1 Å². The quantitative estimate of drug-likeness (QED) is 0.786. The predicted molar refractivity (Wildman–Crippen MR) is 111 cm³/mol. The van der Waals surface area contributed by atoms with Crippen molar-refractivity contribution < 1.29 is 9.53 Å². The minimum absolute atomic E-state index is 0.286. The zero-order valence-corrected chi connectivity index (χ0v) is 17.9. The minimum Gasteiger partial charge on any atom is -0.373 e. The molecule has 0 N–H and O–H groups in total. The maximum Gasteiger partial charge on any atom is 0.254 e. The SMILES string of the molecule is CC1CCc2c(C(=O)N3CCC(CN4CC(C)OC(C)C4)CC3)csc2C1. The van der Waals surface area contributed by atoms with Crippen molar-refractivity contribution in [2.75, 3.05) is 32.7 Å². The van der Waals surface area contributed by atoms with Gasteiger partial charge < -0.3 is 9.64 Å². The predicted octanol–water partition coefficient (Wildman–Crippen LogP) is 3.83. The second-order valence-corrected chi connectivity index (χ2v) is 10.1. The van der Waals surface area contributed by atoms with E-state index in [1.165, 1.54) is 16.9 Å². The number of thiophene rings is 1. The second-order valence-electron chi connectivity index (χ2n) is 9.11. The average Bonchev–Trinajstić information content (AvgIpc) is 3.04. The molecule has 0 radical (unpaired) electrons. The van der Waals surface area contributed by atoms with E-state index in [4.69, 9.17) is 4.74 Å². The zero-order chi connectivity index (χ0) is 19.0. The Kier molecular flexibility index (Phi) is 5.91. The van der Waals surface area contributed by atoms with E-state index in [1.54, 1.807) is 11.3 Å². The Morgan fingerprint density at radius 1 is 1.15 bits per heavy atom. The molecule has 4 nitrogen and oxygen atoms in total. The van der Waals surface area contributed by atoms with Crippen LogP contribution in [0.1, 0.15) is 60.8 Å². The zero-order valence-electron chi connectivity index (χ0n) is 17.1. The lowest BCUT2D eigenvalue weighted by Gasteiger charge is -2.39. The largest absolute Gasteiger partial charge is 0.373 e. The van der Waals surface area contributed by atoms with E-state index in [2.05, 4.69) is 36.0 Å². The third-order valence-electron chi connectivity index (χ3n) is 6.55. The van der Waals surface area contributed by atoms with Gasteiger partial charge in [0.15, 0.2) is 0 Å². The molecule has 1 aromatic rings. The molecular weight excluding hydrogens is 356 g/mol. The number of fused-ring (bicyclic) bond motifs is 1. The van der Waals surface area contributed by atoms with Gasteiger partial charge in [-0.3, -0.25) is 9.69 Å². The number of nitrogens with zero attached hydrogens (tertiary/aromatic N) is 2. The van der Waals surface area contributed by atoms with Crippen molar-refractivity contribution in [1.82, 2.24) is 9.80 Å². The molecule has 150 valence electrons. The lowest BCUT2D eigenvalue weighted by Crippen LogP contribution is -2.48. The number of carbonyl (C=O) groups excluding carboxylic acids is 1. The molecule has 0 saturated carbocycles. The van der Waals surface area contributed by atoms with Gasteiger partial charge >= 0.3 is 0 Å². The minimum atomic E-state index is 0.286. The van der Waals surface area contributed by atoms with Crippen molar-refractivity contribution in [1.29, 1.82) is 0 Å². The maximum atomic E-state index is 13.1. The van der Waals surface area contributed by atoms with Crippen LogP contribution in [0.2, 0.25) is 0 Å². The number of hydrogen-bond acceptors (Lipinski definition) is 4. The molecule has 3 heterocycles. The summed E-state index contributed by atoms with van der Waals surface area (Å²) in [7, 11) is 0. The van der Waals surface area contributed by atoms with Gasteiger partial charge in [0.05, 0.1) is 17.8 Å². The van der Waals surface area contributed by atoms with Crippen LogP contribution < -0.4 is 0 Å². The van der Waals surface area contributed by atoms with Gasteiger partial charge in [-0.05, 0) is 63.4 Å². The smallest absolute Gasteiger partial charge is 0.254 e. The Labute approximate surface area is 167 Å². The first-order valence-corrected chi connectivity index (χ1v) is 11.6. The van der Waals surface area contributed by atoms with Gasteiger partial charge in [0.2, 0.25) is 0 Å². The maximum absolute atomic E-state index is 13.1. The first-order chi connectivity index (χ1) is 13.0. The molecule has 1 aromatic heterocycles. The highest BCUT2D eigenvalue weighted by Crippen LogP contribution is 2.34. The highest BCUT2D eigenvalue weighted by atomic mass is 32.1. The van der Waals surface area contributed by atoms with Crippen molar-refractivity contribution in [3.05, 3.63) is 21.4 Å². The molecule has 2 fully saturated rings. The van der Waals surface area contributed by atoms with E-state index >= 15 is 0 Å². The standard InChI is InChI=1S/C22H34N2O2S/c1-15-4-5-19-20(14-27-21(19)10-15)22(25)24-8-6-18(7-9-24)13-23-11-16(2)26-17(3)12-23/h14-18H,4-13H2,1-3H3. The average molecular weight is 391 g/mol. The summed E-state index contributed by atoms with van der Waals surface area (Å²) in [5.41, 5.74) is 2.37. The van der Waals surface area contributed by atoms with Crippen LogP contribution in [0.4, 0.5) is 0 Å². The Hall–Kier alpha value is -0.910. The molecule has 5 heteroatoms. The van der Waals surface area contributed by atoms with Crippen molar-refractivity contribution in [3.8, 4) is 0 Å². The summed E-state index contributed by atoms with van der Waals surface area (Å²) in [5, 5.41) is 2.13. The van der Waals surface area contributed by atoms with Gasteiger partial charge in [0.1, 0.15) is 0 Å². The normalized spacial score (nSPS) is 30.3. The van der Waals surface area contributed by atoms with Crippen LogP contribution in [0.15, 0.2) is 5.38 Å². The topological polar surface area (TPSA) is 32.8 Å². The van der Waals surface area contributed by atoms with Gasteiger partial charge in [-0.25, -0.2) is 0 Å². The van der Waals surface area contributed by atoms with Crippen LogP contribution in [-0.2, 0) is 17.6 Å². The number of rotatable bonds is 3. The molecule has 0 bridgehead atoms. The number of piperidine rings is 1. The van der Waals surface area contributed by atoms with Crippen LogP contribution in [0.25, 0.3) is 0 Å². The molecule has 27 heavy (non-hydrogen) atoms. The summed E-state index contributed by atoms with van der Waals surface area (Å²) in [6.45, 7) is 11.8. The highest BCUT2D eigenvalue weighted by molar-refractivity contribution is 7.10. The number of ether oxygens (including phenoxy) is 1. The molecule has 1 amide bonds.